The van der Waals surface area contributed by atoms with Crippen LogP contribution in [0.4, 0.5) is 0 Å². The molecule has 0 atom stereocenters. The Balaban J connectivity index is 1.86. The number of hydrogen-bond donors (Lipinski definition) is 0. The molecular weight excluding hydrogens is 226 g/mol. The van der Waals surface area contributed by atoms with Crippen LogP contribution >= 0.6 is 0 Å². The summed E-state index contributed by atoms with van der Waals surface area (Å²) >= 11 is 0. The van der Waals surface area contributed by atoms with E-state index >= 15 is 0 Å². The van der Waals surface area contributed by atoms with Crippen molar-refractivity contribution in [2.24, 2.45) is 0 Å². The van der Waals surface area contributed by atoms with Gasteiger partial charge >= 0.3 is 0 Å². The van der Waals surface area contributed by atoms with E-state index in [0.29, 0.717) is 0 Å². The number of nitrogens with zero attached hydrogens (tertiary/aromatic N) is 1. The summed E-state index contributed by atoms with van der Waals surface area (Å²) in [5, 5.41) is 0. The number of likely N-dealkylation sites (tertiary alicyclic amines) is 1. The van der Waals surface area contributed by atoms with E-state index in [1.54, 1.807) is 7.11 Å². The molecule has 0 unspecified atom stereocenters. The van der Waals surface area contributed by atoms with Crippen LogP contribution in [0.3, 0.4) is 0 Å². The van der Waals surface area contributed by atoms with Gasteiger partial charge in [-0.3, -0.25) is 0 Å². The van der Waals surface area contributed by atoms with Crippen molar-refractivity contribution >= 4 is 6.08 Å². The van der Waals surface area contributed by atoms with E-state index in [0.717, 1.165) is 43.0 Å². The second-order valence-corrected chi connectivity index (χ2v) is 5.21. The van der Waals surface area contributed by atoms with Crippen molar-refractivity contribution in [2.45, 2.75) is 18.4 Å². The third-order valence-corrected chi connectivity index (χ3v) is 3.93. The van der Waals surface area contributed by atoms with Crippen LogP contribution in [0.2, 0.25) is 0 Å². The van der Waals surface area contributed by atoms with Gasteiger partial charge in [0.15, 0.2) is 0 Å². The van der Waals surface area contributed by atoms with Crippen LogP contribution in [0.1, 0.15) is 18.4 Å². The highest BCUT2D eigenvalue weighted by Crippen LogP contribution is 2.38. The van der Waals surface area contributed by atoms with E-state index in [4.69, 9.17) is 9.47 Å². The lowest BCUT2D eigenvalue weighted by Crippen LogP contribution is -2.46. The van der Waals surface area contributed by atoms with E-state index in [1.807, 2.05) is 18.2 Å². The fourth-order valence-electron chi connectivity index (χ4n) is 2.64. The second kappa shape index (κ2) is 4.32. The van der Waals surface area contributed by atoms with E-state index in [2.05, 4.69) is 24.1 Å². The van der Waals surface area contributed by atoms with Gasteiger partial charge in [0.05, 0.1) is 7.11 Å². The summed E-state index contributed by atoms with van der Waals surface area (Å²) in [6, 6.07) is 5.99. The summed E-state index contributed by atoms with van der Waals surface area (Å²) in [5.41, 5.74) is 1.02. The molecule has 3 rings (SSSR count). The molecule has 1 saturated heterocycles. The first-order valence-corrected chi connectivity index (χ1v) is 6.46. The summed E-state index contributed by atoms with van der Waals surface area (Å²) in [5.74, 6) is 1.85. The van der Waals surface area contributed by atoms with Crippen molar-refractivity contribution < 1.29 is 9.47 Å². The fourth-order valence-corrected chi connectivity index (χ4v) is 2.64. The Morgan fingerprint density at radius 2 is 2.06 bits per heavy atom. The topological polar surface area (TPSA) is 21.7 Å². The van der Waals surface area contributed by atoms with E-state index < -0.39 is 0 Å². The highest BCUT2D eigenvalue weighted by atomic mass is 16.5. The molecule has 1 aromatic carbocycles. The lowest BCUT2D eigenvalue weighted by atomic mass is 9.88. The van der Waals surface area contributed by atoms with Gasteiger partial charge in [-0.25, -0.2) is 0 Å². The predicted molar refractivity (Wildman–Crippen MR) is 72.1 cm³/mol. The monoisotopic (exact) mass is 245 g/mol. The Labute approximate surface area is 108 Å². The third kappa shape index (κ3) is 1.99. The van der Waals surface area contributed by atoms with Crippen LogP contribution in [0.5, 0.6) is 11.5 Å². The minimum absolute atomic E-state index is 0.0892. The molecule has 0 radical (unpaired) electrons. The molecule has 0 bridgehead atoms. The minimum Gasteiger partial charge on any atom is -0.497 e. The maximum atomic E-state index is 6.24. The van der Waals surface area contributed by atoms with Gasteiger partial charge in [-0.2, -0.15) is 0 Å². The van der Waals surface area contributed by atoms with Gasteiger partial charge in [0.25, 0.3) is 0 Å². The molecule has 3 heteroatoms. The molecule has 1 fully saturated rings. The normalized spacial score (nSPS) is 21.4. The lowest BCUT2D eigenvalue weighted by molar-refractivity contribution is 0.0472. The summed E-state index contributed by atoms with van der Waals surface area (Å²) in [4.78, 5) is 2.35. The minimum atomic E-state index is -0.0892. The smallest absolute Gasteiger partial charge is 0.130 e. The van der Waals surface area contributed by atoms with E-state index in [9.17, 15) is 0 Å². The van der Waals surface area contributed by atoms with Gasteiger partial charge in [-0.1, -0.05) is 6.08 Å². The maximum Gasteiger partial charge on any atom is 0.130 e. The molecule has 2 heterocycles. The molecule has 0 aromatic heterocycles. The lowest BCUT2D eigenvalue weighted by Gasteiger charge is -2.40. The number of piperidine rings is 1. The number of benzene rings is 1. The van der Waals surface area contributed by atoms with Gasteiger partial charge in [-0.15, -0.1) is 0 Å². The average molecular weight is 245 g/mol. The summed E-state index contributed by atoms with van der Waals surface area (Å²) in [6.45, 7) is 2.19. The first kappa shape index (κ1) is 11.6. The Morgan fingerprint density at radius 3 is 2.78 bits per heavy atom. The molecular formula is C15H19NO2. The average Bonchev–Trinajstić information content (AvgIpc) is 2.42. The molecule has 0 N–H and O–H groups in total. The molecule has 18 heavy (non-hydrogen) atoms. The third-order valence-electron chi connectivity index (χ3n) is 3.93. The quantitative estimate of drug-likeness (QED) is 0.759. The van der Waals surface area contributed by atoms with E-state index in [1.165, 1.54) is 0 Å². The SMILES string of the molecule is COc1ccc2c(c1)C=CC1(CCN(C)CC1)O2. The Kier molecular flexibility index (Phi) is 2.78. The molecule has 0 saturated carbocycles. The van der Waals surface area contributed by atoms with Crippen molar-refractivity contribution in [2.75, 3.05) is 27.2 Å². The van der Waals surface area contributed by atoms with Crippen molar-refractivity contribution in [1.82, 2.24) is 4.90 Å². The standard InChI is InChI=1S/C15H19NO2/c1-16-9-7-15(8-10-16)6-5-12-11-13(17-2)3-4-14(12)18-15/h3-6,11H,7-10H2,1-2H3. The predicted octanol–water partition coefficient (Wildman–Crippen LogP) is 2.57. The van der Waals surface area contributed by atoms with Crippen LogP contribution < -0.4 is 9.47 Å². The van der Waals surface area contributed by atoms with Crippen molar-refractivity contribution in [1.29, 1.82) is 0 Å². The zero-order valence-corrected chi connectivity index (χ0v) is 11.0. The first-order chi connectivity index (χ1) is 8.71. The van der Waals surface area contributed by atoms with Crippen molar-refractivity contribution in [3.8, 4) is 11.5 Å². The van der Waals surface area contributed by atoms with Gasteiger partial charge in [-0.05, 0) is 31.3 Å². The highest BCUT2D eigenvalue weighted by Gasteiger charge is 2.35. The van der Waals surface area contributed by atoms with Crippen molar-refractivity contribution in [3.05, 3.63) is 29.8 Å². The molecule has 96 valence electrons. The van der Waals surface area contributed by atoms with Crippen LogP contribution in [-0.4, -0.2) is 37.7 Å². The Hall–Kier alpha value is -1.48. The van der Waals surface area contributed by atoms with Gasteiger partial charge in [0, 0.05) is 31.5 Å². The van der Waals surface area contributed by atoms with Crippen LogP contribution in [-0.2, 0) is 0 Å². The number of fused-ring (bicyclic) bond motifs is 1. The molecule has 3 nitrogen and oxygen atoms in total. The van der Waals surface area contributed by atoms with Crippen LogP contribution in [0, 0.1) is 0 Å². The first-order valence-electron chi connectivity index (χ1n) is 6.46. The van der Waals surface area contributed by atoms with Crippen LogP contribution in [0.15, 0.2) is 24.3 Å². The second-order valence-electron chi connectivity index (χ2n) is 5.21. The zero-order valence-electron chi connectivity index (χ0n) is 11.0. The fraction of sp³-hybridized carbons (Fsp3) is 0.467. The van der Waals surface area contributed by atoms with Crippen LogP contribution in [0.25, 0.3) is 6.08 Å². The number of methoxy groups -OCH3 is 1. The number of hydrogen-bond acceptors (Lipinski definition) is 3. The number of ether oxygens (including phenoxy) is 2. The van der Waals surface area contributed by atoms with Gasteiger partial charge in [0.2, 0.25) is 0 Å². The van der Waals surface area contributed by atoms with E-state index in [-0.39, 0.29) is 5.60 Å². The summed E-state index contributed by atoms with van der Waals surface area (Å²) in [7, 11) is 3.85. The zero-order chi connectivity index (χ0) is 12.6. The van der Waals surface area contributed by atoms with Gasteiger partial charge < -0.3 is 14.4 Å². The summed E-state index contributed by atoms with van der Waals surface area (Å²) in [6.07, 6.45) is 6.52. The largest absolute Gasteiger partial charge is 0.497 e. The molecule has 2 aliphatic heterocycles. The van der Waals surface area contributed by atoms with Gasteiger partial charge in [0.1, 0.15) is 17.1 Å². The molecule has 1 spiro atoms. The summed E-state index contributed by atoms with van der Waals surface area (Å²) < 4.78 is 11.5. The Morgan fingerprint density at radius 1 is 1.28 bits per heavy atom. The highest BCUT2D eigenvalue weighted by molar-refractivity contribution is 5.63. The maximum absolute atomic E-state index is 6.24. The molecule has 1 aromatic rings. The molecule has 0 amide bonds. The molecule has 0 aliphatic carbocycles. The number of rotatable bonds is 1. The molecule has 2 aliphatic rings. The van der Waals surface area contributed by atoms with Crippen molar-refractivity contribution in [3.63, 3.8) is 0 Å². The Bertz CT molecular complexity index is 473.